The molecule has 0 atom stereocenters. The van der Waals surface area contributed by atoms with Gasteiger partial charge in [-0.15, -0.1) is 0 Å². The Morgan fingerprint density at radius 1 is 0.970 bits per heavy atom. The minimum absolute atomic E-state index is 0.0851. The number of aryl methyl sites for hydroxylation is 2. The van der Waals surface area contributed by atoms with Crippen LogP contribution in [0.25, 0.3) is 38.9 Å². The Labute approximate surface area is 191 Å². The van der Waals surface area contributed by atoms with Gasteiger partial charge in [0.2, 0.25) is 0 Å². The molecule has 168 valence electrons. The van der Waals surface area contributed by atoms with E-state index in [0.717, 1.165) is 28.7 Å². The zero-order valence-electron chi connectivity index (χ0n) is 19.6. The highest BCUT2D eigenvalue weighted by Crippen LogP contribution is 2.33. The van der Waals surface area contributed by atoms with E-state index < -0.39 is 0 Å². The molecule has 0 amide bonds. The lowest BCUT2D eigenvalue weighted by Gasteiger charge is -2.14. The van der Waals surface area contributed by atoms with Crippen molar-refractivity contribution in [3.05, 3.63) is 64.2 Å². The summed E-state index contributed by atoms with van der Waals surface area (Å²) >= 11 is 0. The van der Waals surface area contributed by atoms with Gasteiger partial charge in [0, 0.05) is 6.54 Å². The van der Waals surface area contributed by atoms with Crippen LogP contribution in [0.5, 0.6) is 5.75 Å². The van der Waals surface area contributed by atoms with Gasteiger partial charge in [-0.3, -0.25) is 13.9 Å². The maximum absolute atomic E-state index is 13.8. The van der Waals surface area contributed by atoms with Crippen LogP contribution < -0.4 is 10.3 Å². The fourth-order valence-electron chi connectivity index (χ4n) is 4.28. The molecule has 7 nitrogen and oxygen atoms in total. The Morgan fingerprint density at radius 3 is 2.39 bits per heavy atom. The van der Waals surface area contributed by atoms with Gasteiger partial charge in [-0.25, -0.2) is 15.0 Å². The highest BCUT2D eigenvalue weighted by atomic mass is 16.5. The number of para-hydroxylation sites is 2. The molecule has 0 N–H and O–H groups in total. The summed E-state index contributed by atoms with van der Waals surface area (Å²) < 4.78 is 9.35. The number of hydrogen-bond donors (Lipinski definition) is 0. The summed E-state index contributed by atoms with van der Waals surface area (Å²) in [5.41, 5.74) is 4.98. The summed E-state index contributed by atoms with van der Waals surface area (Å²) in [5, 5.41) is 0.487. The molecule has 0 unspecified atom stereocenters. The molecule has 5 rings (SSSR count). The van der Waals surface area contributed by atoms with Crippen molar-refractivity contribution in [2.45, 2.75) is 40.7 Å². The molecular formula is C26H27N5O2. The van der Waals surface area contributed by atoms with E-state index in [1.807, 2.05) is 60.9 Å². The van der Waals surface area contributed by atoms with Gasteiger partial charge in [0.25, 0.3) is 5.56 Å². The second-order valence-corrected chi connectivity index (χ2v) is 8.89. The monoisotopic (exact) mass is 441 g/mol. The average molecular weight is 442 g/mol. The van der Waals surface area contributed by atoms with E-state index in [0.29, 0.717) is 46.2 Å². The molecule has 0 aliphatic heterocycles. The van der Waals surface area contributed by atoms with Crippen LogP contribution in [0.1, 0.15) is 31.7 Å². The molecule has 0 bridgehead atoms. The maximum Gasteiger partial charge on any atom is 0.265 e. The number of rotatable bonds is 5. The van der Waals surface area contributed by atoms with Crippen LogP contribution >= 0.6 is 0 Å². The predicted octanol–water partition coefficient (Wildman–Crippen LogP) is 4.96. The average Bonchev–Trinajstić information content (AvgIpc) is 3.09. The maximum atomic E-state index is 13.8. The molecule has 0 radical (unpaired) electrons. The first-order valence-corrected chi connectivity index (χ1v) is 11.2. The van der Waals surface area contributed by atoms with Gasteiger partial charge >= 0.3 is 0 Å². The first kappa shape index (κ1) is 21.1. The molecule has 3 aromatic heterocycles. The molecule has 0 saturated heterocycles. The number of ether oxygens (including phenoxy) is 1. The van der Waals surface area contributed by atoms with E-state index in [1.54, 1.807) is 11.7 Å². The van der Waals surface area contributed by atoms with Crippen molar-refractivity contribution in [3.63, 3.8) is 0 Å². The Bertz CT molecular complexity index is 1580. The third-order valence-electron chi connectivity index (χ3n) is 6.06. The fraction of sp³-hybridized carbons (Fsp3) is 0.308. The quantitative estimate of drug-likeness (QED) is 0.386. The number of benzene rings is 2. The van der Waals surface area contributed by atoms with Crippen molar-refractivity contribution in [1.82, 2.24) is 24.1 Å². The topological polar surface area (TPSA) is 74.8 Å². The summed E-state index contributed by atoms with van der Waals surface area (Å²) in [4.78, 5) is 28.5. The van der Waals surface area contributed by atoms with Crippen molar-refractivity contribution in [2.24, 2.45) is 5.92 Å². The standard InChI is InChI=1S/C26H27N5O2/c1-15(2)12-13-30-17(4)27-24-22(26(30)32)23-25(29-19-9-7-6-8-18(19)28-23)31(24)20-14-16(3)10-11-21(20)33-5/h6-11,14-15H,12-13H2,1-5H3. The molecule has 0 aliphatic rings. The second kappa shape index (κ2) is 7.99. The molecule has 5 aromatic rings. The number of nitrogens with zero attached hydrogens (tertiary/aromatic N) is 5. The van der Waals surface area contributed by atoms with Gasteiger partial charge in [-0.05, 0) is 56.0 Å². The Hall–Kier alpha value is -3.74. The summed E-state index contributed by atoms with van der Waals surface area (Å²) in [6, 6.07) is 13.6. The van der Waals surface area contributed by atoms with E-state index in [4.69, 9.17) is 19.7 Å². The van der Waals surface area contributed by atoms with E-state index >= 15 is 0 Å². The summed E-state index contributed by atoms with van der Waals surface area (Å²) in [6.45, 7) is 8.83. The van der Waals surface area contributed by atoms with Gasteiger partial charge in [0.15, 0.2) is 11.3 Å². The second-order valence-electron chi connectivity index (χ2n) is 8.89. The molecule has 3 heterocycles. The minimum Gasteiger partial charge on any atom is -0.495 e. The fourth-order valence-corrected chi connectivity index (χ4v) is 4.28. The SMILES string of the molecule is COc1ccc(C)cc1-n1c2nc3ccccc3nc2c2c(=O)n(CCC(C)C)c(C)nc21. The van der Waals surface area contributed by atoms with Crippen molar-refractivity contribution in [1.29, 1.82) is 0 Å². The first-order chi connectivity index (χ1) is 15.9. The zero-order valence-corrected chi connectivity index (χ0v) is 19.6. The van der Waals surface area contributed by atoms with Crippen molar-refractivity contribution in [3.8, 4) is 11.4 Å². The first-order valence-electron chi connectivity index (χ1n) is 11.2. The normalized spacial score (nSPS) is 11.8. The number of aromatic nitrogens is 5. The lowest BCUT2D eigenvalue weighted by Crippen LogP contribution is -2.24. The van der Waals surface area contributed by atoms with Gasteiger partial charge in [-0.2, -0.15) is 0 Å². The molecule has 0 saturated carbocycles. The van der Waals surface area contributed by atoms with E-state index in [2.05, 4.69) is 13.8 Å². The summed E-state index contributed by atoms with van der Waals surface area (Å²) in [7, 11) is 1.64. The molecule has 7 heteroatoms. The molecular weight excluding hydrogens is 414 g/mol. The number of fused-ring (bicyclic) bond motifs is 4. The van der Waals surface area contributed by atoms with Crippen LogP contribution in [-0.2, 0) is 6.54 Å². The van der Waals surface area contributed by atoms with Gasteiger partial charge < -0.3 is 4.74 Å². The highest BCUT2D eigenvalue weighted by Gasteiger charge is 2.23. The lowest BCUT2D eigenvalue weighted by atomic mass is 10.1. The largest absolute Gasteiger partial charge is 0.495 e. The van der Waals surface area contributed by atoms with Crippen LogP contribution in [-0.4, -0.2) is 31.2 Å². The summed E-state index contributed by atoms with van der Waals surface area (Å²) in [5.74, 6) is 1.83. The zero-order chi connectivity index (χ0) is 23.3. The van der Waals surface area contributed by atoms with Gasteiger partial charge in [0.1, 0.15) is 22.5 Å². The molecule has 2 aromatic carbocycles. The van der Waals surface area contributed by atoms with E-state index in [-0.39, 0.29) is 5.56 Å². The Kier molecular flexibility index (Phi) is 5.12. The number of methoxy groups -OCH3 is 1. The highest BCUT2D eigenvalue weighted by molar-refractivity contribution is 6.06. The van der Waals surface area contributed by atoms with Crippen LogP contribution in [0.3, 0.4) is 0 Å². The summed E-state index contributed by atoms with van der Waals surface area (Å²) in [6.07, 6.45) is 0.896. The molecule has 0 fully saturated rings. The van der Waals surface area contributed by atoms with E-state index in [9.17, 15) is 4.79 Å². The number of hydrogen-bond acceptors (Lipinski definition) is 5. The van der Waals surface area contributed by atoms with Crippen LogP contribution in [0.15, 0.2) is 47.3 Å². The Balaban J connectivity index is 1.96. The van der Waals surface area contributed by atoms with Crippen molar-refractivity contribution >= 4 is 33.2 Å². The van der Waals surface area contributed by atoms with Gasteiger partial charge in [-0.1, -0.05) is 32.0 Å². The Morgan fingerprint density at radius 2 is 1.70 bits per heavy atom. The smallest absolute Gasteiger partial charge is 0.265 e. The lowest BCUT2D eigenvalue weighted by molar-refractivity contribution is 0.413. The third-order valence-corrected chi connectivity index (χ3v) is 6.06. The van der Waals surface area contributed by atoms with E-state index in [1.165, 1.54) is 0 Å². The molecule has 0 aliphatic carbocycles. The van der Waals surface area contributed by atoms with Crippen LogP contribution in [0, 0.1) is 19.8 Å². The van der Waals surface area contributed by atoms with Gasteiger partial charge in [0.05, 0.1) is 23.8 Å². The van der Waals surface area contributed by atoms with Crippen LogP contribution in [0.4, 0.5) is 0 Å². The minimum atomic E-state index is -0.0851. The molecule has 0 spiro atoms. The van der Waals surface area contributed by atoms with Crippen molar-refractivity contribution in [2.75, 3.05) is 7.11 Å². The molecule has 33 heavy (non-hydrogen) atoms. The van der Waals surface area contributed by atoms with Crippen molar-refractivity contribution < 1.29 is 4.74 Å². The van der Waals surface area contributed by atoms with Crippen LogP contribution in [0.2, 0.25) is 0 Å². The third kappa shape index (κ3) is 3.44. The predicted molar refractivity (Wildman–Crippen MR) is 131 cm³/mol.